The lowest BCUT2D eigenvalue weighted by molar-refractivity contribution is -0.145. The normalized spacial score (nSPS) is 25.6. The molecule has 7 heteroatoms. The Balaban J connectivity index is 2.12. The van der Waals surface area contributed by atoms with Crippen molar-refractivity contribution in [2.45, 2.75) is 23.0 Å². The monoisotopic (exact) mass is 364 g/mol. The first-order valence-electron chi connectivity index (χ1n) is 7.65. The van der Waals surface area contributed by atoms with Crippen LogP contribution in [0.3, 0.4) is 0 Å². The van der Waals surface area contributed by atoms with Crippen LogP contribution in [0.15, 0.2) is 53.4 Å². The van der Waals surface area contributed by atoms with E-state index >= 15 is 0 Å². The van der Waals surface area contributed by atoms with Gasteiger partial charge in [0.1, 0.15) is 11.2 Å². The lowest BCUT2D eigenvalue weighted by atomic mass is 10.00. The molecule has 1 aliphatic carbocycles. The second-order valence-corrected chi connectivity index (χ2v) is 8.38. The number of aryl methyl sites for hydroxylation is 1. The van der Waals surface area contributed by atoms with Crippen molar-refractivity contribution in [3.8, 4) is 0 Å². The van der Waals surface area contributed by atoms with Gasteiger partial charge in [-0.1, -0.05) is 29.8 Å². The number of carboxylic acid groups (broad SMARTS) is 1. The van der Waals surface area contributed by atoms with Crippen molar-refractivity contribution in [2.75, 3.05) is 6.61 Å². The molecule has 1 fully saturated rings. The van der Waals surface area contributed by atoms with Gasteiger partial charge in [0.25, 0.3) is 0 Å². The summed E-state index contributed by atoms with van der Waals surface area (Å²) in [7, 11) is -4.02. The number of aliphatic hydroxyl groups is 1. The molecule has 0 saturated heterocycles. The quantitative estimate of drug-likeness (QED) is 0.848. The standard InChI is InChI=1S/C18H17FO5S/c1-11-5-7-14(8-6-11)25(23,24)16-15(18(16,10-20)17(21)22)12-3-2-4-13(19)9-12/h2-9,15-16,20H,10H2,1H3,(H,21,22)/t15-,16-,18+/m1/s1. The van der Waals surface area contributed by atoms with E-state index < -0.39 is 44.8 Å². The van der Waals surface area contributed by atoms with Gasteiger partial charge in [0.2, 0.25) is 0 Å². The first-order chi connectivity index (χ1) is 11.7. The van der Waals surface area contributed by atoms with Gasteiger partial charge >= 0.3 is 5.97 Å². The number of halogens is 1. The fraction of sp³-hybridized carbons (Fsp3) is 0.278. The van der Waals surface area contributed by atoms with Crippen molar-refractivity contribution >= 4 is 15.8 Å². The van der Waals surface area contributed by atoms with Crippen LogP contribution < -0.4 is 0 Å². The molecule has 1 aliphatic rings. The number of aliphatic carboxylic acids is 1. The van der Waals surface area contributed by atoms with Crippen LogP contribution in [0.1, 0.15) is 17.0 Å². The lowest BCUT2D eigenvalue weighted by Crippen LogP contribution is -2.27. The van der Waals surface area contributed by atoms with Crippen molar-refractivity contribution in [1.82, 2.24) is 0 Å². The van der Waals surface area contributed by atoms with Crippen molar-refractivity contribution in [2.24, 2.45) is 5.41 Å². The number of carbonyl (C=O) groups is 1. The van der Waals surface area contributed by atoms with Crippen LogP contribution >= 0.6 is 0 Å². The van der Waals surface area contributed by atoms with Crippen molar-refractivity contribution in [3.63, 3.8) is 0 Å². The van der Waals surface area contributed by atoms with E-state index in [0.717, 1.165) is 11.6 Å². The molecule has 3 rings (SSSR count). The molecule has 0 unspecified atom stereocenters. The second kappa shape index (κ2) is 5.93. The molecule has 0 amide bonds. The molecule has 2 aromatic rings. The maximum atomic E-state index is 13.5. The first-order valence-corrected chi connectivity index (χ1v) is 9.20. The van der Waals surface area contributed by atoms with Crippen LogP contribution in [0, 0.1) is 18.2 Å². The molecule has 25 heavy (non-hydrogen) atoms. The van der Waals surface area contributed by atoms with Gasteiger partial charge in [0, 0.05) is 5.92 Å². The lowest BCUT2D eigenvalue weighted by Gasteiger charge is -2.09. The number of hydrogen-bond acceptors (Lipinski definition) is 4. The summed E-state index contributed by atoms with van der Waals surface area (Å²) in [6.07, 6.45) is 0. The van der Waals surface area contributed by atoms with Gasteiger partial charge in [-0.2, -0.15) is 0 Å². The highest BCUT2D eigenvalue weighted by Gasteiger charge is 2.75. The van der Waals surface area contributed by atoms with Gasteiger partial charge in [0.15, 0.2) is 9.84 Å². The summed E-state index contributed by atoms with van der Waals surface area (Å²) >= 11 is 0. The largest absolute Gasteiger partial charge is 0.481 e. The molecular weight excluding hydrogens is 347 g/mol. The van der Waals surface area contributed by atoms with Gasteiger partial charge in [-0.25, -0.2) is 12.8 Å². The minimum atomic E-state index is -4.02. The van der Waals surface area contributed by atoms with Gasteiger partial charge in [-0.3, -0.25) is 4.79 Å². The number of sulfone groups is 1. The fourth-order valence-electron chi connectivity index (χ4n) is 3.42. The van der Waals surface area contributed by atoms with Gasteiger partial charge < -0.3 is 10.2 Å². The molecular formula is C18H17FO5S. The Hall–Kier alpha value is -2.25. The van der Waals surface area contributed by atoms with Gasteiger partial charge in [-0.15, -0.1) is 0 Å². The maximum absolute atomic E-state index is 13.5. The Morgan fingerprint density at radius 3 is 2.36 bits per heavy atom. The van der Waals surface area contributed by atoms with E-state index in [4.69, 9.17) is 0 Å². The topological polar surface area (TPSA) is 91.7 Å². The summed E-state index contributed by atoms with van der Waals surface area (Å²) in [5.74, 6) is -3.02. The molecule has 0 bridgehead atoms. The van der Waals surface area contributed by atoms with Crippen LogP contribution in [0.4, 0.5) is 4.39 Å². The van der Waals surface area contributed by atoms with E-state index in [0.29, 0.717) is 0 Å². The van der Waals surface area contributed by atoms with E-state index in [9.17, 15) is 27.8 Å². The number of aliphatic hydroxyl groups excluding tert-OH is 1. The summed E-state index contributed by atoms with van der Waals surface area (Å²) in [5.41, 5.74) is -0.766. The number of benzene rings is 2. The Kier molecular flexibility index (Phi) is 4.17. The zero-order valence-electron chi connectivity index (χ0n) is 13.4. The summed E-state index contributed by atoms with van der Waals surface area (Å²) in [5, 5.41) is 18.0. The number of rotatable bonds is 5. The highest BCUT2D eigenvalue weighted by Crippen LogP contribution is 2.64. The van der Waals surface area contributed by atoms with Crippen molar-refractivity contribution < 1.29 is 27.8 Å². The number of carboxylic acids is 1. The van der Waals surface area contributed by atoms with Crippen LogP contribution in [0.5, 0.6) is 0 Å². The highest BCUT2D eigenvalue weighted by atomic mass is 32.2. The van der Waals surface area contributed by atoms with E-state index in [1.165, 1.54) is 30.3 Å². The predicted octanol–water partition coefficient (Wildman–Crippen LogP) is 2.14. The SMILES string of the molecule is Cc1ccc(S(=O)(=O)[C@@H]2[C@@H](c3cccc(F)c3)[C@]2(CO)C(=O)O)cc1. The third-order valence-corrected chi connectivity index (χ3v) is 7.10. The Morgan fingerprint density at radius 1 is 1.20 bits per heavy atom. The smallest absolute Gasteiger partial charge is 0.314 e. The van der Waals surface area contributed by atoms with Crippen LogP contribution in [0.25, 0.3) is 0 Å². The van der Waals surface area contributed by atoms with Crippen LogP contribution in [0.2, 0.25) is 0 Å². The third-order valence-electron chi connectivity index (χ3n) is 4.81. The van der Waals surface area contributed by atoms with E-state index in [1.807, 2.05) is 0 Å². The molecule has 0 radical (unpaired) electrons. The minimum Gasteiger partial charge on any atom is -0.481 e. The summed E-state index contributed by atoms with van der Waals surface area (Å²) in [4.78, 5) is 11.8. The Bertz CT molecular complexity index is 923. The Morgan fingerprint density at radius 2 is 1.84 bits per heavy atom. The third kappa shape index (κ3) is 2.63. The number of hydrogen-bond donors (Lipinski definition) is 2. The van der Waals surface area contributed by atoms with Crippen molar-refractivity contribution in [1.29, 1.82) is 0 Å². The molecule has 2 N–H and O–H groups in total. The average Bonchev–Trinajstić information content (AvgIpc) is 3.27. The fourth-order valence-corrected chi connectivity index (χ4v) is 5.78. The molecule has 0 spiro atoms. The molecule has 0 heterocycles. The second-order valence-electron chi connectivity index (χ2n) is 6.31. The maximum Gasteiger partial charge on any atom is 0.314 e. The van der Waals surface area contributed by atoms with E-state index in [1.54, 1.807) is 19.1 Å². The minimum absolute atomic E-state index is 0.0129. The predicted molar refractivity (Wildman–Crippen MR) is 88.4 cm³/mol. The highest BCUT2D eigenvalue weighted by molar-refractivity contribution is 7.92. The summed E-state index contributed by atoms with van der Waals surface area (Å²) in [6, 6.07) is 11.2. The van der Waals surface area contributed by atoms with Gasteiger partial charge in [-0.05, 0) is 36.8 Å². The average molecular weight is 364 g/mol. The zero-order valence-corrected chi connectivity index (χ0v) is 14.2. The van der Waals surface area contributed by atoms with E-state index in [-0.39, 0.29) is 10.5 Å². The molecule has 1 saturated carbocycles. The van der Waals surface area contributed by atoms with E-state index in [2.05, 4.69) is 0 Å². The molecule has 3 atom stereocenters. The molecule has 0 aromatic heterocycles. The van der Waals surface area contributed by atoms with Gasteiger partial charge in [0.05, 0.1) is 16.8 Å². The molecule has 0 aliphatic heterocycles. The van der Waals surface area contributed by atoms with Crippen LogP contribution in [-0.2, 0) is 14.6 Å². The first kappa shape index (κ1) is 17.6. The Labute approximate surface area is 144 Å². The summed E-state index contributed by atoms with van der Waals surface area (Å²) < 4.78 is 39.5. The van der Waals surface area contributed by atoms with Crippen LogP contribution in [-0.4, -0.2) is 36.5 Å². The zero-order chi connectivity index (χ0) is 18.4. The van der Waals surface area contributed by atoms with Crippen molar-refractivity contribution in [3.05, 3.63) is 65.5 Å². The molecule has 2 aromatic carbocycles. The molecule has 5 nitrogen and oxygen atoms in total. The molecule has 132 valence electrons. The summed E-state index contributed by atoms with van der Waals surface area (Å²) in [6.45, 7) is 0.956.